The largest absolute Gasteiger partial charge is 0.349 e. The van der Waals surface area contributed by atoms with Crippen molar-refractivity contribution in [1.29, 1.82) is 0 Å². The third-order valence-corrected chi connectivity index (χ3v) is 3.47. The highest BCUT2D eigenvalue weighted by atomic mass is 32.1. The van der Waals surface area contributed by atoms with Gasteiger partial charge in [-0.1, -0.05) is 10.6 Å². The van der Waals surface area contributed by atoms with Gasteiger partial charge in [0.25, 0.3) is 5.91 Å². The molecule has 2 aromatic heterocycles. The van der Waals surface area contributed by atoms with Crippen molar-refractivity contribution >= 4 is 28.8 Å². The normalized spacial score (nSPS) is 10.7. The van der Waals surface area contributed by atoms with Crippen LogP contribution in [0, 0.1) is 0 Å². The molecule has 0 bridgehead atoms. The Bertz CT molecular complexity index is 476. The van der Waals surface area contributed by atoms with Crippen LogP contribution in [0.4, 0.5) is 0 Å². The lowest BCUT2D eigenvalue weighted by molar-refractivity contribution is 0.0947. The van der Waals surface area contributed by atoms with Crippen molar-refractivity contribution in [3.63, 3.8) is 0 Å². The topological polar surface area (TPSA) is 54.9 Å². The highest BCUT2D eigenvalue weighted by Crippen LogP contribution is 2.27. The summed E-state index contributed by atoms with van der Waals surface area (Å²) in [6.07, 6.45) is 0. The van der Waals surface area contributed by atoms with Crippen LogP contribution in [0.2, 0.25) is 0 Å². The van der Waals surface area contributed by atoms with Gasteiger partial charge in [-0.2, -0.15) is 0 Å². The van der Waals surface area contributed by atoms with E-state index in [2.05, 4.69) is 14.9 Å². The minimum Gasteiger partial charge on any atom is -0.349 e. The molecule has 0 aliphatic carbocycles. The second-order valence-electron chi connectivity index (χ2n) is 3.56. The standard InChI is InChI=1S/C10H11N3OS2/c1-6(2)11-10(14)9-8(12-13-16-9)7-4-3-5-15-7/h3-6H,1-2H3,(H,11,14). The van der Waals surface area contributed by atoms with E-state index in [1.165, 1.54) is 0 Å². The fourth-order valence-electron chi connectivity index (χ4n) is 1.24. The molecule has 0 unspecified atom stereocenters. The number of hydrogen-bond acceptors (Lipinski definition) is 5. The molecule has 2 rings (SSSR count). The third-order valence-electron chi connectivity index (χ3n) is 1.87. The van der Waals surface area contributed by atoms with Gasteiger partial charge >= 0.3 is 0 Å². The smallest absolute Gasteiger partial charge is 0.265 e. The monoisotopic (exact) mass is 253 g/mol. The van der Waals surface area contributed by atoms with Crippen LogP contribution in [0.5, 0.6) is 0 Å². The van der Waals surface area contributed by atoms with Crippen LogP contribution in [0.15, 0.2) is 17.5 Å². The van der Waals surface area contributed by atoms with Gasteiger partial charge in [-0.05, 0) is 36.8 Å². The summed E-state index contributed by atoms with van der Waals surface area (Å²) < 4.78 is 3.84. The highest BCUT2D eigenvalue weighted by molar-refractivity contribution is 7.14. The fraction of sp³-hybridized carbons (Fsp3) is 0.300. The molecule has 0 aliphatic heterocycles. The number of amides is 1. The lowest BCUT2D eigenvalue weighted by Gasteiger charge is -2.06. The van der Waals surface area contributed by atoms with Crippen molar-refractivity contribution in [3.8, 4) is 10.6 Å². The minimum absolute atomic E-state index is 0.103. The Kier molecular flexibility index (Phi) is 3.31. The summed E-state index contributed by atoms with van der Waals surface area (Å²) >= 11 is 2.69. The summed E-state index contributed by atoms with van der Waals surface area (Å²) in [5.41, 5.74) is 0.679. The van der Waals surface area contributed by atoms with Crippen LogP contribution in [0.3, 0.4) is 0 Å². The Morgan fingerprint density at radius 1 is 1.50 bits per heavy atom. The SMILES string of the molecule is CC(C)NC(=O)c1snnc1-c1cccs1. The van der Waals surface area contributed by atoms with Gasteiger partial charge in [0.1, 0.15) is 10.6 Å². The fourth-order valence-corrected chi connectivity index (χ4v) is 2.61. The van der Waals surface area contributed by atoms with Gasteiger partial charge in [0.05, 0.1) is 4.88 Å². The average Bonchev–Trinajstić information content (AvgIpc) is 2.87. The lowest BCUT2D eigenvalue weighted by atomic mass is 10.3. The highest BCUT2D eigenvalue weighted by Gasteiger charge is 2.18. The molecular formula is C10H11N3OS2. The van der Waals surface area contributed by atoms with E-state index in [0.29, 0.717) is 10.6 Å². The number of thiophene rings is 1. The number of carbonyl (C=O) groups excluding carboxylic acids is 1. The van der Waals surface area contributed by atoms with E-state index >= 15 is 0 Å². The summed E-state index contributed by atoms with van der Waals surface area (Å²) in [5, 5.41) is 8.81. The molecule has 0 atom stereocenters. The molecule has 2 heterocycles. The van der Waals surface area contributed by atoms with E-state index in [1.54, 1.807) is 11.3 Å². The molecule has 2 aromatic rings. The zero-order valence-corrected chi connectivity index (χ0v) is 10.6. The number of rotatable bonds is 3. The van der Waals surface area contributed by atoms with E-state index in [4.69, 9.17) is 0 Å². The average molecular weight is 253 g/mol. The summed E-state index contributed by atoms with van der Waals surface area (Å²) in [6, 6.07) is 3.99. The van der Waals surface area contributed by atoms with Crippen molar-refractivity contribution in [1.82, 2.24) is 14.9 Å². The molecule has 4 nitrogen and oxygen atoms in total. The van der Waals surface area contributed by atoms with Gasteiger partial charge in [0, 0.05) is 6.04 Å². The number of hydrogen-bond donors (Lipinski definition) is 1. The zero-order chi connectivity index (χ0) is 11.5. The molecule has 0 spiro atoms. The van der Waals surface area contributed by atoms with E-state index in [0.717, 1.165) is 16.4 Å². The van der Waals surface area contributed by atoms with Gasteiger partial charge in [-0.25, -0.2) is 0 Å². The number of aromatic nitrogens is 2. The van der Waals surface area contributed by atoms with Crippen molar-refractivity contribution in [2.45, 2.75) is 19.9 Å². The summed E-state index contributed by atoms with van der Waals surface area (Å²) in [5.74, 6) is -0.103. The quantitative estimate of drug-likeness (QED) is 0.914. The van der Waals surface area contributed by atoms with Crippen LogP contribution in [-0.2, 0) is 0 Å². The second kappa shape index (κ2) is 4.71. The maximum absolute atomic E-state index is 11.9. The molecule has 0 aliphatic rings. The van der Waals surface area contributed by atoms with Gasteiger partial charge < -0.3 is 5.32 Å². The molecule has 16 heavy (non-hydrogen) atoms. The first kappa shape index (κ1) is 11.2. The second-order valence-corrected chi connectivity index (χ2v) is 5.26. The van der Waals surface area contributed by atoms with Gasteiger partial charge in [0.2, 0.25) is 0 Å². The lowest BCUT2D eigenvalue weighted by Crippen LogP contribution is -2.29. The first-order valence-electron chi connectivity index (χ1n) is 4.85. The Labute approximate surface area is 101 Å². The molecule has 0 saturated carbocycles. The van der Waals surface area contributed by atoms with Gasteiger partial charge in [0.15, 0.2) is 0 Å². The Morgan fingerprint density at radius 2 is 2.31 bits per heavy atom. The third kappa shape index (κ3) is 2.28. The van der Waals surface area contributed by atoms with E-state index in [9.17, 15) is 4.79 Å². The molecule has 1 amide bonds. The number of carbonyl (C=O) groups is 1. The van der Waals surface area contributed by atoms with Crippen molar-refractivity contribution in [3.05, 3.63) is 22.4 Å². The molecule has 0 saturated heterocycles. The molecular weight excluding hydrogens is 242 g/mol. The summed E-state index contributed by atoms with van der Waals surface area (Å²) in [7, 11) is 0. The Hall–Kier alpha value is -1.27. The summed E-state index contributed by atoms with van der Waals surface area (Å²) in [6.45, 7) is 3.86. The van der Waals surface area contributed by atoms with Crippen LogP contribution >= 0.6 is 22.9 Å². The van der Waals surface area contributed by atoms with Crippen LogP contribution < -0.4 is 5.32 Å². The first-order valence-corrected chi connectivity index (χ1v) is 6.51. The van der Waals surface area contributed by atoms with Gasteiger partial charge in [-0.3, -0.25) is 4.79 Å². The van der Waals surface area contributed by atoms with Crippen molar-refractivity contribution < 1.29 is 4.79 Å². The molecule has 1 N–H and O–H groups in total. The molecule has 84 valence electrons. The molecule has 0 aromatic carbocycles. The minimum atomic E-state index is -0.103. The van der Waals surface area contributed by atoms with E-state index < -0.39 is 0 Å². The maximum atomic E-state index is 11.9. The zero-order valence-electron chi connectivity index (χ0n) is 8.93. The van der Waals surface area contributed by atoms with E-state index in [-0.39, 0.29) is 11.9 Å². The van der Waals surface area contributed by atoms with Gasteiger partial charge in [-0.15, -0.1) is 16.4 Å². The van der Waals surface area contributed by atoms with Crippen LogP contribution in [0.1, 0.15) is 23.5 Å². The number of nitrogens with zero attached hydrogens (tertiary/aromatic N) is 2. The summed E-state index contributed by atoms with van der Waals surface area (Å²) in [4.78, 5) is 13.4. The molecule has 6 heteroatoms. The number of nitrogens with one attached hydrogen (secondary N) is 1. The Balaban J connectivity index is 2.29. The van der Waals surface area contributed by atoms with Crippen LogP contribution in [0.25, 0.3) is 10.6 Å². The Morgan fingerprint density at radius 3 is 2.94 bits per heavy atom. The van der Waals surface area contributed by atoms with Crippen molar-refractivity contribution in [2.75, 3.05) is 0 Å². The maximum Gasteiger partial charge on any atom is 0.265 e. The first-order chi connectivity index (χ1) is 7.68. The predicted octanol–water partition coefficient (Wildman–Crippen LogP) is 2.40. The van der Waals surface area contributed by atoms with Crippen molar-refractivity contribution in [2.24, 2.45) is 0 Å². The van der Waals surface area contributed by atoms with Crippen LogP contribution in [-0.4, -0.2) is 21.5 Å². The predicted molar refractivity (Wildman–Crippen MR) is 65.8 cm³/mol. The molecule has 0 radical (unpaired) electrons. The van der Waals surface area contributed by atoms with E-state index in [1.807, 2.05) is 31.4 Å². The molecule has 0 fully saturated rings.